The Labute approximate surface area is 115 Å². The average Bonchev–Trinajstić information content (AvgIpc) is 2.33. The third-order valence-electron chi connectivity index (χ3n) is 2.70. The summed E-state index contributed by atoms with van der Waals surface area (Å²) in [5.41, 5.74) is 2.26. The Morgan fingerprint density at radius 1 is 1.26 bits per heavy atom. The first kappa shape index (κ1) is 15.5. The van der Waals surface area contributed by atoms with E-state index in [0.717, 1.165) is 23.3 Å². The summed E-state index contributed by atoms with van der Waals surface area (Å²) in [6, 6.07) is 5.94. The van der Waals surface area contributed by atoms with Gasteiger partial charge in [0.1, 0.15) is 5.75 Å². The van der Waals surface area contributed by atoms with Crippen molar-refractivity contribution in [1.29, 1.82) is 0 Å². The number of amides is 1. The number of methoxy groups -OCH3 is 1. The minimum Gasteiger partial charge on any atom is -0.481 e. The molecule has 1 aromatic rings. The van der Waals surface area contributed by atoms with Crippen molar-refractivity contribution in [3.05, 3.63) is 29.3 Å². The second kappa shape index (κ2) is 7.79. The van der Waals surface area contributed by atoms with E-state index in [1.807, 2.05) is 26.0 Å². The quantitative estimate of drug-likeness (QED) is 0.769. The number of benzene rings is 1. The molecule has 0 aromatic heterocycles. The SMILES string of the molecule is COCCCNC(=O)[C@H](C)Oc1cc(C)cc(C)c1. The van der Waals surface area contributed by atoms with Gasteiger partial charge in [0.15, 0.2) is 6.10 Å². The minimum atomic E-state index is -0.497. The zero-order valence-electron chi connectivity index (χ0n) is 12.2. The Balaban J connectivity index is 2.44. The van der Waals surface area contributed by atoms with Gasteiger partial charge in [0.2, 0.25) is 0 Å². The van der Waals surface area contributed by atoms with E-state index in [1.165, 1.54) is 0 Å². The highest BCUT2D eigenvalue weighted by Gasteiger charge is 2.14. The van der Waals surface area contributed by atoms with Crippen molar-refractivity contribution in [1.82, 2.24) is 5.32 Å². The Kier molecular flexibility index (Phi) is 6.36. The van der Waals surface area contributed by atoms with E-state index in [4.69, 9.17) is 9.47 Å². The number of aryl methyl sites for hydroxylation is 2. The Hall–Kier alpha value is -1.55. The fourth-order valence-electron chi connectivity index (χ4n) is 1.83. The highest BCUT2D eigenvalue weighted by Crippen LogP contribution is 2.17. The van der Waals surface area contributed by atoms with Crippen LogP contribution in [0.15, 0.2) is 18.2 Å². The van der Waals surface area contributed by atoms with Gasteiger partial charge < -0.3 is 14.8 Å². The monoisotopic (exact) mass is 265 g/mol. The van der Waals surface area contributed by atoms with Gasteiger partial charge >= 0.3 is 0 Å². The highest BCUT2D eigenvalue weighted by molar-refractivity contribution is 5.80. The van der Waals surface area contributed by atoms with E-state index >= 15 is 0 Å². The van der Waals surface area contributed by atoms with Crippen LogP contribution < -0.4 is 10.1 Å². The Bertz CT molecular complexity index is 398. The Morgan fingerprint density at radius 3 is 2.47 bits per heavy atom. The maximum absolute atomic E-state index is 11.8. The molecular formula is C15H23NO3. The summed E-state index contributed by atoms with van der Waals surface area (Å²) in [6.07, 6.45) is 0.308. The lowest BCUT2D eigenvalue weighted by molar-refractivity contribution is -0.127. The number of hydrogen-bond acceptors (Lipinski definition) is 3. The maximum atomic E-state index is 11.8. The normalized spacial score (nSPS) is 12.0. The van der Waals surface area contributed by atoms with Gasteiger partial charge in [-0.05, 0) is 50.5 Å². The number of carbonyl (C=O) groups excluding carboxylic acids is 1. The van der Waals surface area contributed by atoms with Crippen LogP contribution in [0.2, 0.25) is 0 Å². The first-order valence-corrected chi connectivity index (χ1v) is 6.54. The van der Waals surface area contributed by atoms with Crippen LogP contribution in [0, 0.1) is 13.8 Å². The Morgan fingerprint density at radius 2 is 1.89 bits per heavy atom. The van der Waals surface area contributed by atoms with Crippen LogP contribution in [-0.2, 0) is 9.53 Å². The molecule has 0 aliphatic rings. The highest BCUT2D eigenvalue weighted by atomic mass is 16.5. The summed E-state index contributed by atoms with van der Waals surface area (Å²) in [4.78, 5) is 11.8. The van der Waals surface area contributed by atoms with Gasteiger partial charge in [-0.3, -0.25) is 4.79 Å². The molecule has 1 N–H and O–H groups in total. The average molecular weight is 265 g/mol. The second-order valence-corrected chi connectivity index (χ2v) is 4.72. The number of ether oxygens (including phenoxy) is 2. The largest absolute Gasteiger partial charge is 0.481 e. The molecule has 4 nitrogen and oxygen atoms in total. The van der Waals surface area contributed by atoms with Gasteiger partial charge in [-0.2, -0.15) is 0 Å². The van der Waals surface area contributed by atoms with Crippen molar-refractivity contribution >= 4 is 5.91 Å². The summed E-state index contributed by atoms with van der Waals surface area (Å²) in [5, 5.41) is 2.82. The first-order valence-electron chi connectivity index (χ1n) is 6.54. The van der Waals surface area contributed by atoms with Crippen LogP contribution in [0.5, 0.6) is 5.75 Å². The van der Waals surface area contributed by atoms with Crippen molar-refractivity contribution in [3.63, 3.8) is 0 Å². The molecule has 19 heavy (non-hydrogen) atoms. The molecule has 1 atom stereocenters. The number of hydrogen-bond donors (Lipinski definition) is 1. The maximum Gasteiger partial charge on any atom is 0.260 e. The van der Waals surface area contributed by atoms with Crippen molar-refractivity contribution in [2.75, 3.05) is 20.3 Å². The van der Waals surface area contributed by atoms with Gasteiger partial charge in [0, 0.05) is 20.3 Å². The van der Waals surface area contributed by atoms with Crippen molar-refractivity contribution in [3.8, 4) is 5.75 Å². The van der Waals surface area contributed by atoms with Gasteiger partial charge in [0.05, 0.1) is 0 Å². The third-order valence-corrected chi connectivity index (χ3v) is 2.70. The smallest absolute Gasteiger partial charge is 0.260 e. The lowest BCUT2D eigenvalue weighted by atomic mass is 10.1. The molecule has 0 aliphatic carbocycles. The fraction of sp³-hybridized carbons (Fsp3) is 0.533. The first-order chi connectivity index (χ1) is 9.02. The van der Waals surface area contributed by atoms with Crippen LogP contribution in [-0.4, -0.2) is 32.3 Å². The van der Waals surface area contributed by atoms with Crippen molar-refractivity contribution < 1.29 is 14.3 Å². The van der Waals surface area contributed by atoms with Gasteiger partial charge in [-0.15, -0.1) is 0 Å². The van der Waals surface area contributed by atoms with E-state index in [1.54, 1.807) is 14.0 Å². The van der Waals surface area contributed by atoms with E-state index in [9.17, 15) is 4.79 Å². The van der Waals surface area contributed by atoms with E-state index in [-0.39, 0.29) is 5.91 Å². The molecule has 106 valence electrons. The topological polar surface area (TPSA) is 47.6 Å². The summed E-state index contributed by atoms with van der Waals surface area (Å²) < 4.78 is 10.6. The zero-order valence-corrected chi connectivity index (χ0v) is 12.2. The zero-order chi connectivity index (χ0) is 14.3. The molecule has 0 radical (unpaired) electrons. The van der Waals surface area contributed by atoms with Crippen molar-refractivity contribution in [2.45, 2.75) is 33.3 Å². The van der Waals surface area contributed by atoms with Crippen LogP contribution in [0.3, 0.4) is 0 Å². The summed E-state index contributed by atoms with van der Waals surface area (Å²) >= 11 is 0. The summed E-state index contributed by atoms with van der Waals surface area (Å²) in [5.74, 6) is 0.632. The third kappa shape index (κ3) is 5.75. The predicted octanol–water partition coefficient (Wildman–Crippen LogP) is 2.22. The van der Waals surface area contributed by atoms with E-state index < -0.39 is 6.10 Å². The number of nitrogens with one attached hydrogen (secondary N) is 1. The lowest BCUT2D eigenvalue weighted by Crippen LogP contribution is -2.37. The molecular weight excluding hydrogens is 242 g/mol. The molecule has 1 aromatic carbocycles. The molecule has 0 aliphatic heterocycles. The number of carbonyl (C=O) groups is 1. The lowest BCUT2D eigenvalue weighted by Gasteiger charge is -2.15. The molecule has 4 heteroatoms. The molecule has 0 saturated carbocycles. The van der Waals surface area contributed by atoms with E-state index in [0.29, 0.717) is 13.2 Å². The van der Waals surface area contributed by atoms with Crippen LogP contribution in [0.25, 0.3) is 0 Å². The second-order valence-electron chi connectivity index (χ2n) is 4.72. The molecule has 0 heterocycles. The van der Waals surface area contributed by atoms with Gasteiger partial charge in [-0.25, -0.2) is 0 Å². The standard InChI is InChI=1S/C15H23NO3/c1-11-8-12(2)10-14(9-11)19-13(3)15(17)16-6-5-7-18-4/h8-10,13H,5-7H2,1-4H3,(H,16,17)/t13-/m0/s1. The summed E-state index contributed by atoms with van der Waals surface area (Å²) in [6.45, 7) is 7.02. The van der Waals surface area contributed by atoms with Crippen LogP contribution in [0.4, 0.5) is 0 Å². The summed E-state index contributed by atoms with van der Waals surface area (Å²) in [7, 11) is 1.65. The predicted molar refractivity (Wildman–Crippen MR) is 75.5 cm³/mol. The molecule has 0 bridgehead atoms. The molecule has 0 fully saturated rings. The molecule has 0 unspecified atom stereocenters. The van der Waals surface area contributed by atoms with Crippen LogP contribution in [0.1, 0.15) is 24.5 Å². The van der Waals surface area contributed by atoms with Crippen molar-refractivity contribution in [2.24, 2.45) is 0 Å². The molecule has 0 saturated heterocycles. The molecule has 1 rings (SSSR count). The van der Waals surface area contributed by atoms with E-state index in [2.05, 4.69) is 11.4 Å². The fourth-order valence-corrected chi connectivity index (χ4v) is 1.83. The molecule has 1 amide bonds. The van der Waals surface area contributed by atoms with Crippen LogP contribution >= 0.6 is 0 Å². The van der Waals surface area contributed by atoms with Gasteiger partial charge in [0.25, 0.3) is 5.91 Å². The number of rotatable bonds is 7. The molecule has 0 spiro atoms. The minimum absolute atomic E-state index is 0.102. The van der Waals surface area contributed by atoms with Gasteiger partial charge in [-0.1, -0.05) is 6.07 Å².